The Morgan fingerprint density at radius 2 is 2.07 bits per heavy atom. The molecule has 1 amide bonds. The summed E-state index contributed by atoms with van der Waals surface area (Å²) in [4.78, 5) is 12.5. The Morgan fingerprint density at radius 3 is 2.67 bits per heavy atom. The molecular weight excluding hydrogens is 422 g/mol. The maximum Gasteiger partial charge on any atom is 0.231 e. The van der Waals surface area contributed by atoms with Crippen molar-refractivity contribution in [3.8, 4) is 17.5 Å². The second kappa shape index (κ2) is 9.37. The molecular formula is C21H22ClN5O2S. The lowest BCUT2D eigenvalue weighted by molar-refractivity contribution is -0.120. The Bertz CT molecular complexity index is 1040. The molecule has 0 aliphatic heterocycles. The van der Waals surface area contributed by atoms with Crippen LogP contribution in [0.15, 0.2) is 52.2 Å². The van der Waals surface area contributed by atoms with Crippen LogP contribution in [0.25, 0.3) is 11.4 Å². The summed E-state index contributed by atoms with van der Waals surface area (Å²) in [6.45, 7) is 5.94. The molecule has 1 aromatic carbocycles. The molecule has 9 heteroatoms. The number of aromatic nitrogens is 3. The molecule has 2 aromatic heterocycles. The number of carbonyl (C=O) groups is 1. The van der Waals surface area contributed by atoms with Crippen molar-refractivity contribution in [3.05, 3.63) is 53.4 Å². The minimum atomic E-state index is -0.923. The summed E-state index contributed by atoms with van der Waals surface area (Å²) in [5.74, 6) is 1.25. The van der Waals surface area contributed by atoms with E-state index in [1.165, 1.54) is 11.8 Å². The molecule has 156 valence electrons. The molecule has 7 nitrogen and oxygen atoms in total. The van der Waals surface area contributed by atoms with Gasteiger partial charge in [-0.3, -0.25) is 9.36 Å². The van der Waals surface area contributed by atoms with Gasteiger partial charge in [0.1, 0.15) is 11.3 Å². The quantitative estimate of drug-likeness (QED) is 0.518. The molecule has 0 aliphatic carbocycles. The third-order valence-corrected chi connectivity index (χ3v) is 6.05. The van der Waals surface area contributed by atoms with E-state index in [2.05, 4.69) is 21.6 Å². The fourth-order valence-corrected chi connectivity index (χ4v) is 3.53. The smallest absolute Gasteiger partial charge is 0.231 e. The van der Waals surface area contributed by atoms with E-state index in [0.29, 0.717) is 22.5 Å². The topological polar surface area (TPSA) is 96.7 Å². The molecule has 1 atom stereocenters. The molecule has 3 rings (SSSR count). The third-order valence-electron chi connectivity index (χ3n) is 4.83. The molecule has 1 N–H and O–H groups in total. The van der Waals surface area contributed by atoms with Gasteiger partial charge in [0.25, 0.3) is 0 Å². The van der Waals surface area contributed by atoms with Gasteiger partial charge in [-0.15, -0.1) is 10.2 Å². The van der Waals surface area contributed by atoms with E-state index in [-0.39, 0.29) is 17.6 Å². The van der Waals surface area contributed by atoms with Gasteiger partial charge in [0.05, 0.1) is 24.6 Å². The lowest BCUT2D eigenvalue weighted by Gasteiger charge is -2.27. The Kier molecular flexibility index (Phi) is 6.85. The van der Waals surface area contributed by atoms with E-state index in [0.717, 1.165) is 11.3 Å². The van der Waals surface area contributed by atoms with Gasteiger partial charge in [0.2, 0.25) is 5.91 Å². The molecule has 0 saturated heterocycles. The van der Waals surface area contributed by atoms with Crippen LogP contribution in [0.2, 0.25) is 5.02 Å². The van der Waals surface area contributed by atoms with Crippen LogP contribution in [0.1, 0.15) is 26.5 Å². The van der Waals surface area contributed by atoms with Crippen LogP contribution in [-0.2, 0) is 11.3 Å². The van der Waals surface area contributed by atoms with Gasteiger partial charge in [-0.2, -0.15) is 5.26 Å². The molecule has 0 spiro atoms. The molecule has 0 radical (unpaired) electrons. The molecule has 30 heavy (non-hydrogen) atoms. The summed E-state index contributed by atoms with van der Waals surface area (Å²) in [5.41, 5.74) is -0.0693. The molecule has 0 bridgehead atoms. The number of nitriles is 1. The zero-order valence-corrected chi connectivity index (χ0v) is 18.5. The molecule has 0 fully saturated rings. The van der Waals surface area contributed by atoms with Gasteiger partial charge in [-0.25, -0.2) is 0 Å². The summed E-state index contributed by atoms with van der Waals surface area (Å²) in [6, 6.07) is 13.2. The van der Waals surface area contributed by atoms with Crippen molar-refractivity contribution in [2.45, 2.75) is 38.0 Å². The third kappa shape index (κ3) is 5.04. The first-order chi connectivity index (χ1) is 14.3. The van der Waals surface area contributed by atoms with Crippen LogP contribution in [0.5, 0.6) is 0 Å². The lowest BCUT2D eigenvalue weighted by Crippen LogP contribution is -2.49. The van der Waals surface area contributed by atoms with Gasteiger partial charge < -0.3 is 9.73 Å². The van der Waals surface area contributed by atoms with Crippen molar-refractivity contribution in [1.82, 2.24) is 20.1 Å². The number of hydrogen-bond donors (Lipinski definition) is 1. The first kappa shape index (κ1) is 21.9. The number of amides is 1. The van der Waals surface area contributed by atoms with Gasteiger partial charge >= 0.3 is 0 Å². The average Bonchev–Trinajstić information content (AvgIpc) is 3.37. The number of rotatable bonds is 8. The number of halogens is 1. The number of benzene rings is 1. The number of nitrogens with one attached hydrogen (secondary N) is 1. The van der Waals surface area contributed by atoms with E-state index in [9.17, 15) is 10.1 Å². The Hall–Kier alpha value is -2.76. The Morgan fingerprint density at radius 1 is 1.33 bits per heavy atom. The average molecular weight is 444 g/mol. The van der Waals surface area contributed by atoms with Crippen molar-refractivity contribution >= 4 is 29.3 Å². The number of hydrogen-bond acceptors (Lipinski definition) is 6. The maximum absolute atomic E-state index is 12.5. The van der Waals surface area contributed by atoms with Crippen LogP contribution in [0.3, 0.4) is 0 Å². The zero-order chi connectivity index (χ0) is 21.7. The summed E-state index contributed by atoms with van der Waals surface area (Å²) in [7, 11) is 0. The largest absolute Gasteiger partial charge is 0.467 e. The molecule has 2 heterocycles. The summed E-state index contributed by atoms with van der Waals surface area (Å²) < 4.78 is 7.38. The second-order valence-corrected chi connectivity index (χ2v) is 8.66. The summed E-state index contributed by atoms with van der Waals surface area (Å²) in [6.07, 6.45) is 1.61. The molecule has 0 unspecified atom stereocenters. The standard InChI is InChI=1S/C21H22ClN5O2S/c1-14(2)21(3,13-23)24-18(28)12-30-20-26-25-19(15-6-8-16(22)9-7-15)27(20)11-17-5-4-10-29-17/h4-10,14H,11-12H2,1-3H3,(H,24,28)/t21-/m0/s1. The Balaban J connectivity index is 1.81. The first-order valence-corrected chi connectivity index (χ1v) is 10.8. The van der Waals surface area contributed by atoms with E-state index >= 15 is 0 Å². The Labute approximate surface area is 184 Å². The number of furan rings is 1. The number of thioether (sulfide) groups is 1. The van der Waals surface area contributed by atoms with Crippen LogP contribution in [0, 0.1) is 17.2 Å². The summed E-state index contributed by atoms with van der Waals surface area (Å²) in [5, 5.41) is 22.0. The van der Waals surface area contributed by atoms with Crippen molar-refractivity contribution in [3.63, 3.8) is 0 Å². The normalized spacial score (nSPS) is 13.1. The van der Waals surface area contributed by atoms with Gasteiger partial charge in [-0.05, 0) is 49.2 Å². The highest BCUT2D eigenvalue weighted by molar-refractivity contribution is 7.99. The lowest BCUT2D eigenvalue weighted by atomic mass is 9.90. The van der Waals surface area contributed by atoms with Gasteiger partial charge in [-0.1, -0.05) is 37.2 Å². The van der Waals surface area contributed by atoms with Crippen molar-refractivity contribution in [2.24, 2.45) is 5.92 Å². The highest BCUT2D eigenvalue weighted by atomic mass is 35.5. The van der Waals surface area contributed by atoms with Crippen LogP contribution in [0.4, 0.5) is 0 Å². The fourth-order valence-electron chi connectivity index (χ4n) is 2.67. The highest BCUT2D eigenvalue weighted by Crippen LogP contribution is 2.26. The monoisotopic (exact) mass is 443 g/mol. The van der Waals surface area contributed by atoms with E-state index in [4.69, 9.17) is 16.0 Å². The molecule has 3 aromatic rings. The predicted octanol–water partition coefficient (Wildman–Crippen LogP) is 4.39. The van der Waals surface area contributed by atoms with E-state index < -0.39 is 5.54 Å². The molecule has 0 aliphatic rings. The fraction of sp³-hybridized carbons (Fsp3) is 0.333. The van der Waals surface area contributed by atoms with Crippen molar-refractivity contribution < 1.29 is 9.21 Å². The first-order valence-electron chi connectivity index (χ1n) is 9.39. The second-order valence-electron chi connectivity index (χ2n) is 7.28. The highest BCUT2D eigenvalue weighted by Gasteiger charge is 2.30. The van der Waals surface area contributed by atoms with Crippen molar-refractivity contribution in [1.29, 1.82) is 5.26 Å². The minimum absolute atomic E-state index is 0.0180. The zero-order valence-electron chi connectivity index (χ0n) is 16.9. The van der Waals surface area contributed by atoms with Crippen LogP contribution < -0.4 is 5.32 Å². The molecule has 0 saturated carbocycles. The maximum atomic E-state index is 12.5. The SMILES string of the molecule is CC(C)[C@](C)(C#N)NC(=O)CSc1nnc(-c2ccc(Cl)cc2)n1Cc1ccco1. The number of nitrogens with zero attached hydrogens (tertiary/aromatic N) is 4. The van der Waals surface area contributed by atoms with E-state index in [1.54, 1.807) is 25.3 Å². The van der Waals surface area contributed by atoms with Crippen molar-refractivity contribution in [2.75, 3.05) is 5.75 Å². The summed E-state index contributed by atoms with van der Waals surface area (Å²) >= 11 is 7.26. The van der Waals surface area contributed by atoms with Crippen LogP contribution in [-0.4, -0.2) is 32.0 Å². The van der Waals surface area contributed by atoms with Gasteiger partial charge in [0.15, 0.2) is 11.0 Å². The number of carbonyl (C=O) groups excluding carboxylic acids is 1. The van der Waals surface area contributed by atoms with E-state index in [1.807, 2.05) is 42.7 Å². The minimum Gasteiger partial charge on any atom is -0.467 e. The predicted molar refractivity (Wildman–Crippen MR) is 116 cm³/mol. The van der Waals surface area contributed by atoms with Crippen LogP contribution >= 0.6 is 23.4 Å². The van der Waals surface area contributed by atoms with Gasteiger partial charge in [0, 0.05) is 10.6 Å².